The van der Waals surface area contributed by atoms with Crippen LogP contribution in [0.3, 0.4) is 0 Å². The molecule has 0 saturated heterocycles. The van der Waals surface area contributed by atoms with Gasteiger partial charge in [-0.05, 0) is 36.4 Å². The minimum Gasteiger partial charge on any atom is -0.544 e. The van der Waals surface area contributed by atoms with Gasteiger partial charge in [0.1, 0.15) is 0 Å². The number of thiophene rings is 3. The SMILES string of the molecule is CC(C)([CH2][Sn+3])c1ccccc1.O=C([O-])c1ccc(Cl)s1.O=C([O-])c1ccc(Cl)s1.O=C([O-])c1ccc(Cl)s1. The summed E-state index contributed by atoms with van der Waals surface area (Å²) in [5.41, 5.74) is 1.83. The molecule has 3 heterocycles. The zero-order valence-electron chi connectivity index (χ0n) is 19.9. The average molecular weight is 737 g/mol. The van der Waals surface area contributed by atoms with E-state index in [1.807, 2.05) is 0 Å². The van der Waals surface area contributed by atoms with Gasteiger partial charge in [0.25, 0.3) is 0 Å². The summed E-state index contributed by atoms with van der Waals surface area (Å²) in [7, 11) is 0. The minimum atomic E-state index is -1.17. The standard InChI is InChI=1S/C10H13.3C5H3ClO2S.Sn/c1-10(2,3)9-7-5-4-6-8-9;3*6-4-2-1-3(9-4)5(7)8;/h4-8H,1H2,2-3H3;3*1-2H,(H,7,8);/q;;;;+3/p-3. The van der Waals surface area contributed by atoms with Gasteiger partial charge >= 0.3 is 82.1 Å². The molecule has 4 aromatic rings. The fraction of sp³-hybridized carbons (Fsp3) is 0.160. The van der Waals surface area contributed by atoms with Crippen LogP contribution in [0.15, 0.2) is 66.7 Å². The maximum absolute atomic E-state index is 10.1. The van der Waals surface area contributed by atoms with E-state index in [4.69, 9.17) is 34.8 Å². The monoisotopic (exact) mass is 736 g/mol. The molecular weight excluding hydrogens is 718 g/mol. The van der Waals surface area contributed by atoms with Crippen molar-refractivity contribution in [3.8, 4) is 0 Å². The number of carbonyl (C=O) groups is 3. The molecule has 1 aromatic carbocycles. The van der Waals surface area contributed by atoms with E-state index in [1.165, 1.54) is 46.4 Å². The van der Waals surface area contributed by atoms with Crippen molar-refractivity contribution < 1.29 is 29.7 Å². The number of hydrogen-bond donors (Lipinski definition) is 0. The van der Waals surface area contributed by atoms with Gasteiger partial charge in [0.05, 0.1) is 45.5 Å². The van der Waals surface area contributed by atoms with Crippen molar-refractivity contribution in [2.45, 2.75) is 23.7 Å². The molecule has 0 unspecified atom stereocenters. The summed E-state index contributed by atoms with van der Waals surface area (Å²) in [5, 5.41) is 30.2. The molecule has 0 bridgehead atoms. The zero-order valence-corrected chi connectivity index (χ0v) is 27.4. The molecular formula is C25H19Cl3O6S3Sn. The Morgan fingerprint density at radius 2 is 0.974 bits per heavy atom. The zero-order chi connectivity index (χ0) is 28.9. The Kier molecular flexibility index (Phi) is 15.6. The van der Waals surface area contributed by atoms with Crippen LogP contribution in [-0.2, 0) is 5.41 Å². The Morgan fingerprint density at radius 3 is 1.16 bits per heavy atom. The first-order valence-electron chi connectivity index (χ1n) is 10.4. The molecule has 0 atom stereocenters. The molecule has 0 saturated carbocycles. The van der Waals surface area contributed by atoms with Gasteiger partial charge in [-0.1, -0.05) is 34.8 Å². The summed E-state index contributed by atoms with van der Waals surface area (Å²) in [6.45, 7) is 4.61. The molecule has 0 radical (unpaired) electrons. The van der Waals surface area contributed by atoms with E-state index in [-0.39, 0.29) is 14.6 Å². The Bertz CT molecular complexity index is 1200. The van der Waals surface area contributed by atoms with Crippen LogP contribution in [-0.4, -0.2) is 40.4 Å². The van der Waals surface area contributed by atoms with Gasteiger partial charge in [-0.15, -0.1) is 34.0 Å². The molecule has 0 aliphatic rings. The molecule has 3 aromatic heterocycles. The topological polar surface area (TPSA) is 120 Å². The molecule has 4 rings (SSSR count). The predicted molar refractivity (Wildman–Crippen MR) is 151 cm³/mol. The second kappa shape index (κ2) is 17.2. The molecule has 0 fully saturated rings. The summed E-state index contributed by atoms with van der Waals surface area (Å²) in [4.78, 5) is 30.7. The van der Waals surface area contributed by atoms with E-state index in [0.29, 0.717) is 18.4 Å². The van der Waals surface area contributed by atoms with E-state index in [1.54, 1.807) is 22.5 Å². The van der Waals surface area contributed by atoms with Crippen molar-refractivity contribution in [3.05, 3.63) is 99.9 Å². The number of aromatic carboxylic acids is 3. The van der Waals surface area contributed by atoms with Gasteiger partial charge in [0.15, 0.2) is 0 Å². The van der Waals surface area contributed by atoms with Crippen LogP contribution in [0.5, 0.6) is 0 Å². The Balaban J connectivity index is 0.000000254. The van der Waals surface area contributed by atoms with Crippen molar-refractivity contribution >= 4 is 109 Å². The number of hydrogen-bond acceptors (Lipinski definition) is 9. The van der Waals surface area contributed by atoms with Crippen molar-refractivity contribution in [1.29, 1.82) is 0 Å². The van der Waals surface area contributed by atoms with Gasteiger partial charge in [-0.25, -0.2) is 0 Å². The summed E-state index contributed by atoms with van der Waals surface area (Å²) < 4.78 is 2.68. The molecule has 0 amide bonds. The molecule has 0 N–H and O–H groups in total. The minimum absolute atomic E-state index is 0.167. The fourth-order valence-corrected chi connectivity index (χ4v) is 5.48. The van der Waals surface area contributed by atoms with Crippen LogP contribution < -0.4 is 15.3 Å². The molecule has 198 valence electrons. The number of benzene rings is 1. The predicted octanol–water partition coefficient (Wildman–Crippen LogP) is 4.85. The number of carboxylic acids is 3. The van der Waals surface area contributed by atoms with Crippen LogP contribution in [0.25, 0.3) is 0 Å². The largest absolute Gasteiger partial charge is 0.544 e. The maximum atomic E-state index is 10.1. The molecule has 0 spiro atoms. The number of carboxylic acid groups (broad SMARTS) is 3. The fourth-order valence-electron chi connectivity index (χ4n) is 2.26. The van der Waals surface area contributed by atoms with Crippen molar-refractivity contribution in [1.82, 2.24) is 0 Å². The summed E-state index contributed by atoms with van der Waals surface area (Å²) in [6, 6.07) is 19.6. The Morgan fingerprint density at radius 1 is 0.658 bits per heavy atom. The second-order valence-electron chi connectivity index (χ2n) is 7.60. The molecule has 6 nitrogen and oxygen atoms in total. The first-order chi connectivity index (χ1) is 17.8. The van der Waals surface area contributed by atoms with Crippen molar-refractivity contribution in [2.24, 2.45) is 0 Å². The van der Waals surface area contributed by atoms with Crippen LogP contribution in [0.4, 0.5) is 0 Å². The third kappa shape index (κ3) is 13.0. The van der Waals surface area contributed by atoms with E-state index in [2.05, 4.69) is 44.2 Å². The third-order valence-corrected chi connectivity index (χ3v) is 10.5. The van der Waals surface area contributed by atoms with Crippen molar-refractivity contribution in [3.63, 3.8) is 0 Å². The molecule has 13 heteroatoms. The number of rotatable bonds is 5. The van der Waals surface area contributed by atoms with Gasteiger partial charge in [-0.2, -0.15) is 0 Å². The van der Waals surface area contributed by atoms with Crippen molar-refractivity contribution in [2.75, 3.05) is 0 Å². The molecule has 0 aliphatic carbocycles. The van der Waals surface area contributed by atoms with Crippen LogP contribution in [0.1, 0.15) is 48.4 Å². The van der Waals surface area contributed by atoms with Gasteiger partial charge < -0.3 is 29.7 Å². The smallest absolute Gasteiger partial charge is 0.0935 e. The van der Waals surface area contributed by atoms with E-state index in [9.17, 15) is 29.7 Å². The Labute approximate surface area is 260 Å². The van der Waals surface area contributed by atoms with Crippen LogP contribution in [0.2, 0.25) is 17.4 Å². The second-order valence-corrected chi connectivity index (χ2v) is 13.8. The van der Waals surface area contributed by atoms with Gasteiger partial charge in [-0.3, -0.25) is 0 Å². The quantitative estimate of drug-likeness (QED) is 0.271. The maximum Gasteiger partial charge on any atom is 0.0935 e. The normalized spacial score (nSPS) is 10.1. The van der Waals surface area contributed by atoms with Gasteiger partial charge in [0.2, 0.25) is 0 Å². The van der Waals surface area contributed by atoms with Gasteiger partial charge in [0, 0.05) is 0 Å². The van der Waals surface area contributed by atoms with Crippen LogP contribution >= 0.6 is 68.8 Å². The third-order valence-electron chi connectivity index (χ3n) is 4.32. The van der Waals surface area contributed by atoms with E-state index < -0.39 is 17.9 Å². The summed E-state index contributed by atoms with van der Waals surface area (Å²) in [6.07, 6.45) is 0. The summed E-state index contributed by atoms with van der Waals surface area (Å²) >= 11 is 20.9. The molecule has 38 heavy (non-hydrogen) atoms. The van der Waals surface area contributed by atoms with E-state index >= 15 is 0 Å². The number of carbonyl (C=O) groups excluding carboxylic acids is 3. The Hall–Kier alpha value is -1.60. The molecule has 0 aliphatic heterocycles. The van der Waals surface area contributed by atoms with E-state index in [0.717, 1.165) is 34.0 Å². The summed E-state index contributed by atoms with van der Waals surface area (Å²) in [5.74, 6) is -3.52. The first kappa shape index (κ1) is 34.4. The first-order valence-corrected chi connectivity index (χ1v) is 16.0. The number of halogens is 3. The van der Waals surface area contributed by atoms with Crippen LogP contribution in [0, 0.1) is 0 Å². The average Bonchev–Trinajstić information content (AvgIpc) is 3.62.